The summed E-state index contributed by atoms with van der Waals surface area (Å²) < 4.78 is 91.9. The van der Waals surface area contributed by atoms with Crippen molar-refractivity contribution in [3.63, 3.8) is 0 Å². The Morgan fingerprint density at radius 1 is 0.600 bits per heavy atom. The lowest BCUT2D eigenvalue weighted by atomic mass is 10.1. The number of amides is 4. The highest BCUT2D eigenvalue weighted by molar-refractivity contribution is 6.02. The van der Waals surface area contributed by atoms with Gasteiger partial charge in [-0.1, -0.05) is 6.07 Å². The number of hydrogen-bond donors (Lipinski definition) is 4. The molecule has 0 aliphatic heterocycles. The van der Waals surface area contributed by atoms with E-state index in [2.05, 4.69) is 16.0 Å². The fourth-order valence-electron chi connectivity index (χ4n) is 2.85. The van der Waals surface area contributed by atoms with Crippen molar-refractivity contribution < 1.29 is 40.3 Å². The van der Waals surface area contributed by atoms with Crippen LogP contribution in [0.2, 0.25) is 0 Å². The van der Waals surface area contributed by atoms with E-state index in [4.69, 9.17) is 0 Å². The number of carbonyl (C=O) groups excluding carboxylic acids is 2. The van der Waals surface area contributed by atoms with Crippen LogP contribution in [-0.2, 0) is 12.4 Å². The van der Waals surface area contributed by atoms with Gasteiger partial charge in [-0.15, -0.1) is 0 Å². The monoisotopic (exact) mass is 500 g/mol. The van der Waals surface area contributed by atoms with Crippen LogP contribution in [0.5, 0.6) is 0 Å². The molecule has 0 unspecified atom stereocenters. The smallest absolute Gasteiger partial charge is 0.308 e. The molecule has 0 atom stereocenters. The Balaban J connectivity index is 1.73. The molecule has 0 saturated carbocycles. The molecule has 184 valence electrons. The first kappa shape index (κ1) is 25.3. The van der Waals surface area contributed by atoms with Crippen LogP contribution in [0.25, 0.3) is 0 Å². The number of hydrogen-bond acceptors (Lipinski definition) is 2. The number of rotatable bonds is 4. The fraction of sp³-hybridized carbons (Fsp3) is 0.0909. The van der Waals surface area contributed by atoms with E-state index in [0.717, 1.165) is 36.4 Å². The van der Waals surface area contributed by atoms with Gasteiger partial charge in [0.2, 0.25) is 0 Å². The average Bonchev–Trinajstić information content (AvgIpc) is 2.75. The molecule has 4 N–H and O–H groups in total. The Bertz CT molecular complexity index is 1230. The van der Waals surface area contributed by atoms with E-state index < -0.39 is 47.0 Å². The zero-order valence-corrected chi connectivity index (χ0v) is 17.3. The van der Waals surface area contributed by atoms with Gasteiger partial charge in [-0.25, -0.2) is 14.0 Å². The van der Waals surface area contributed by atoms with Crippen LogP contribution < -0.4 is 21.3 Å². The van der Waals surface area contributed by atoms with Crippen molar-refractivity contribution in [2.24, 2.45) is 0 Å². The maximum atomic E-state index is 13.5. The van der Waals surface area contributed by atoms with Crippen LogP contribution >= 0.6 is 0 Å². The van der Waals surface area contributed by atoms with E-state index in [0.29, 0.717) is 12.1 Å². The highest BCUT2D eigenvalue weighted by Gasteiger charge is 2.34. The van der Waals surface area contributed by atoms with E-state index in [1.54, 1.807) is 0 Å². The summed E-state index contributed by atoms with van der Waals surface area (Å²) in [6.07, 6.45) is -9.59. The summed E-state index contributed by atoms with van der Waals surface area (Å²) in [5.74, 6) is -0.574. The first-order valence-corrected chi connectivity index (χ1v) is 9.61. The van der Waals surface area contributed by atoms with Crippen LogP contribution in [0.3, 0.4) is 0 Å². The molecule has 0 aromatic heterocycles. The molecule has 0 saturated heterocycles. The van der Waals surface area contributed by atoms with Gasteiger partial charge >= 0.3 is 24.4 Å². The fourth-order valence-corrected chi connectivity index (χ4v) is 2.85. The summed E-state index contributed by atoms with van der Waals surface area (Å²) in [6.45, 7) is 0. The number of nitrogens with one attached hydrogen (secondary N) is 4. The Hall–Kier alpha value is -4.29. The molecule has 6 nitrogen and oxygen atoms in total. The van der Waals surface area contributed by atoms with Gasteiger partial charge in [0, 0.05) is 17.1 Å². The first-order chi connectivity index (χ1) is 16.3. The van der Waals surface area contributed by atoms with Gasteiger partial charge in [0.05, 0.1) is 16.8 Å². The Morgan fingerprint density at radius 2 is 1.14 bits per heavy atom. The van der Waals surface area contributed by atoms with E-state index >= 15 is 0 Å². The second-order valence-corrected chi connectivity index (χ2v) is 7.00. The molecule has 0 fully saturated rings. The van der Waals surface area contributed by atoms with E-state index in [1.165, 1.54) is 18.2 Å². The van der Waals surface area contributed by atoms with Crippen molar-refractivity contribution in [1.82, 2.24) is 0 Å². The van der Waals surface area contributed by atoms with Crippen molar-refractivity contribution in [2.45, 2.75) is 12.4 Å². The molecule has 0 spiro atoms. The molecule has 0 aliphatic rings. The van der Waals surface area contributed by atoms with E-state index in [-0.39, 0.29) is 17.1 Å². The van der Waals surface area contributed by atoms with Crippen LogP contribution in [-0.4, -0.2) is 12.1 Å². The predicted molar refractivity (Wildman–Crippen MR) is 115 cm³/mol. The summed E-state index contributed by atoms with van der Waals surface area (Å²) in [6, 6.07) is 8.51. The molecule has 3 aromatic carbocycles. The van der Waals surface area contributed by atoms with Crippen LogP contribution in [0.15, 0.2) is 66.7 Å². The SMILES string of the molecule is O=C(Nc1cccc(C(F)(F)F)c1)Nc1ccc(NC(=O)Nc2ccc(F)cc2)c(C(F)(F)F)c1. The highest BCUT2D eigenvalue weighted by Crippen LogP contribution is 2.37. The highest BCUT2D eigenvalue weighted by atomic mass is 19.4. The summed E-state index contributed by atoms with van der Waals surface area (Å²) in [5.41, 5.74) is -3.41. The second kappa shape index (κ2) is 9.91. The van der Waals surface area contributed by atoms with Crippen LogP contribution in [0, 0.1) is 5.82 Å². The van der Waals surface area contributed by atoms with Gasteiger partial charge in [0.15, 0.2) is 0 Å². The van der Waals surface area contributed by atoms with Gasteiger partial charge in [-0.05, 0) is 60.7 Å². The number of carbonyl (C=O) groups is 2. The van der Waals surface area contributed by atoms with Crippen molar-refractivity contribution in [2.75, 3.05) is 21.3 Å². The lowest BCUT2D eigenvalue weighted by Crippen LogP contribution is -2.23. The Morgan fingerprint density at radius 3 is 1.74 bits per heavy atom. The van der Waals surface area contributed by atoms with Gasteiger partial charge in [0.25, 0.3) is 0 Å². The summed E-state index contributed by atoms with van der Waals surface area (Å²) in [4.78, 5) is 24.2. The largest absolute Gasteiger partial charge is 0.418 e. The number of urea groups is 2. The van der Waals surface area contributed by atoms with Crippen molar-refractivity contribution in [1.29, 1.82) is 0 Å². The van der Waals surface area contributed by atoms with Crippen LogP contribution in [0.1, 0.15) is 11.1 Å². The number of benzene rings is 3. The lowest BCUT2D eigenvalue weighted by Gasteiger charge is -2.16. The molecular weight excluding hydrogens is 485 g/mol. The zero-order valence-electron chi connectivity index (χ0n) is 17.3. The van der Waals surface area contributed by atoms with E-state index in [1.807, 2.05) is 5.32 Å². The molecule has 13 heteroatoms. The average molecular weight is 500 g/mol. The van der Waals surface area contributed by atoms with Crippen molar-refractivity contribution in [3.05, 3.63) is 83.7 Å². The van der Waals surface area contributed by atoms with Gasteiger partial charge in [0.1, 0.15) is 5.82 Å². The quantitative estimate of drug-likeness (QED) is 0.287. The number of halogens is 7. The summed E-state index contributed by atoms with van der Waals surface area (Å²) >= 11 is 0. The summed E-state index contributed by atoms with van der Waals surface area (Å²) in [7, 11) is 0. The minimum Gasteiger partial charge on any atom is -0.308 e. The molecule has 0 aliphatic carbocycles. The van der Waals surface area contributed by atoms with Gasteiger partial charge < -0.3 is 21.3 Å². The van der Waals surface area contributed by atoms with Gasteiger partial charge in [-0.2, -0.15) is 26.3 Å². The number of alkyl halides is 6. The Kier molecular flexibility index (Phi) is 7.17. The normalized spacial score (nSPS) is 11.5. The maximum absolute atomic E-state index is 13.5. The lowest BCUT2D eigenvalue weighted by molar-refractivity contribution is -0.138. The first-order valence-electron chi connectivity index (χ1n) is 9.61. The number of anilines is 4. The molecule has 0 bridgehead atoms. The van der Waals surface area contributed by atoms with Crippen LogP contribution in [0.4, 0.5) is 63.1 Å². The molecule has 3 rings (SSSR count). The topological polar surface area (TPSA) is 82.3 Å². The van der Waals surface area contributed by atoms with E-state index in [9.17, 15) is 40.3 Å². The standard InChI is InChI=1S/C22H15F7N4O2/c23-13-4-6-14(7-5-13)30-20(35)33-18-9-8-16(11-17(18)22(27,28)29)32-19(34)31-15-3-1-2-12(10-15)21(24,25)26/h1-11H,(H2,30,33,35)(H2,31,32,34). The molecule has 4 amide bonds. The second-order valence-electron chi connectivity index (χ2n) is 7.00. The molecule has 0 radical (unpaired) electrons. The third-order valence-electron chi connectivity index (χ3n) is 4.38. The predicted octanol–water partition coefficient (Wildman–Crippen LogP) is 7.15. The van der Waals surface area contributed by atoms with Crippen molar-refractivity contribution >= 4 is 34.8 Å². The third kappa shape index (κ3) is 7.09. The molecule has 35 heavy (non-hydrogen) atoms. The third-order valence-corrected chi connectivity index (χ3v) is 4.38. The molecule has 3 aromatic rings. The maximum Gasteiger partial charge on any atom is 0.418 e. The van der Waals surface area contributed by atoms with Gasteiger partial charge in [-0.3, -0.25) is 0 Å². The van der Waals surface area contributed by atoms with Crippen molar-refractivity contribution in [3.8, 4) is 0 Å². The minimum absolute atomic E-state index is 0.127. The minimum atomic E-state index is -4.94. The Labute approximate surface area is 193 Å². The zero-order chi connectivity index (χ0) is 25.8. The molecular formula is C22H15F7N4O2. The summed E-state index contributed by atoms with van der Waals surface area (Å²) in [5, 5.41) is 8.46. The molecule has 0 heterocycles.